The third-order valence-corrected chi connectivity index (χ3v) is 8.83. The summed E-state index contributed by atoms with van der Waals surface area (Å²) in [4.78, 5) is 54.0. The van der Waals surface area contributed by atoms with Crippen molar-refractivity contribution in [3.05, 3.63) is 0 Å². The summed E-state index contributed by atoms with van der Waals surface area (Å²) in [5.41, 5.74) is 8.71. The molecule has 0 aromatic heterocycles. The Hall–Kier alpha value is -2.60. The summed E-state index contributed by atoms with van der Waals surface area (Å²) in [6.45, 7) is -3.45. The number of aliphatic hydroxyl groups excluding tert-OH is 4. The highest BCUT2D eigenvalue weighted by Crippen LogP contribution is 2.35. The molecule has 2 rings (SSSR count). The van der Waals surface area contributed by atoms with Crippen LogP contribution in [0.5, 0.6) is 0 Å². The molecule has 10 N–H and O–H groups in total. The van der Waals surface area contributed by atoms with Crippen LogP contribution in [0.3, 0.4) is 0 Å². The lowest BCUT2D eigenvalue weighted by atomic mass is 9.70. The number of rotatable bonds is 23. The van der Waals surface area contributed by atoms with E-state index in [-0.39, 0.29) is 46.1 Å². The van der Waals surface area contributed by atoms with Crippen molar-refractivity contribution in [2.45, 2.75) is 42.9 Å². The van der Waals surface area contributed by atoms with Crippen molar-refractivity contribution in [1.29, 1.82) is 0 Å². The number of carboxylic acid groups (broad SMARTS) is 3. The Morgan fingerprint density at radius 2 is 1.33 bits per heavy atom. The first-order valence-electron chi connectivity index (χ1n) is 15.9. The number of nitrogens with one attached hydrogen (secondary N) is 1. The summed E-state index contributed by atoms with van der Waals surface area (Å²) in [5, 5.41) is 69.6. The van der Waals surface area contributed by atoms with Crippen LogP contribution >= 0.6 is 0 Å². The van der Waals surface area contributed by atoms with Gasteiger partial charge in [0.2, 0.25) is 0 Å². The lowest BCUT2D eigenvalue weighted by molar-refractivity contribution is -0.189. The number of carbonyl (C=O) groups is 4. The highest BCUT2D eigenvalue weighted by atomic mass is 16.7. The third kappa shape index (κ3) is 13.6. The Morgan fingerprint density at radius 1 is 0.755 bits per heavy atom. The molecule has 1 heterocycles. The fourth-order valence-electron chi connectivity index (χ4n) is 6.34. The smallest absolute Gasteiger partial charge is 0.338 e. The first kappa shape index (κ1) is 42.6. The fourth-order valence-corrected chi connectivity index (χ4v) is 6.34. The molecule has 0 spiro atoms. The molecule has 0 amide bonds. The van der Waals surface area contributed by atoms with Gasteiger partial charge < -0.3 is 65.3 Å². The predicted octanol–water partition coefficient (Wildman–Crippen LogP) is -4.76. The molecule has 1 saturated heterocycles. The van der Waals surface area contributed by atoms with Gasteiger partial charge >= 0.3 is 23.9 Å². The lowest BCUT2D eigenvalue weighted by Crippen LogP contribution is -2.61. The number of carbonyl (C=O) groups excluding carboxylic acids is 1. The molecule has 10 unspecified atom stereocenters. The van der Waals surface area contributed by atoms with Crippen molar-refractivity contribution in [2.75, 3.05) is 93.1 Å². The lowest BCUT2D eigenvalue weighted by Gasteiger charge is -2.45. The summed E-state index contributed by atoms with van der Waals surface area (Å²) in [7, 11) is 2.89. The Kier molecular flexibility index (Phi) is 18.7. The summed E-state index contributed by atoms with van der Waals surface area (Å²) in [6, 6.07) is -1.76. The molecule has 2 aliphatic rings. The number of hydroxylamine groups is 1. The molecule has 2 fully saturated rings. The zero-order valence-electron chi connectivity index (χ0n) is 27.7. The van der Waals surface area contributed by atoms with Gasteiger partial charge in [-0.2, -0.15) is 0 Å². The van der Waals surface area contributed by atoms with Crippen LogP contribution in [0.4, 0.5) is 0 Å². The Balaban J connectivity index is 2.11. The molecule has 1 aliphatic carbocycles. The molecule has 0 radical (unpaired) electrons. The van der Waals surface area contributed by atoms with Gasteiger partial charge in [-0.25, -0.2) is 4.79 Å². The summed E-state index contributed by atoms with van der Waals surface area (Å²) in [5.74, 6) is -7.07. The summed E-state index contributed by atoms with van der Waals surface area (Å²) >= 11 is 0. The van der Waals surface area contributed by atoms with Gasteiger partial charge in [0.15, 0.2) is 0 Å². The highest BCUT2D eigenvalue weighted by molar-refractivity contribution is 5.74. The molecule has 20 nitrogen and oxygen atoms in total. The number of aliphatic carboxylic acids is 3. The van der Waals surface area contributed by atoms with Crippen molar-refractivity contribution in [1.82, 2.24) is 15.3 Å². The molecule has 0 aromatic carbocycles. The van der Waals surface area contributed by atoms with Crippen LogP contribution in [0, 0.1) is 23.7 Å². The molecule has 20 heteroatoms. The number of nitrogens with two attached hydrogens (primary N) is 1. The Labute approximate surface area is 283 Å². The number of hydrogen-bond acceptors (Lipinski definition) is 17. The minimum absolute atomic E-state index is 0.0469. The van der Waals surface area contributed by atoms with Crippen LogP contribution in [0.1, 0.15) is 6.42 Å². The summed E-state index contributed by atoms with van der Waals surface area (Å²) < 4.78 is 22.1. The van der Waals surface area contributed by atoms with Gasteiger partial charge in [-0.15, -0.1) is 5.48 Å². The van der Waals surface area contributed by atoms with Gasteiger partial charge in [0.25, 0.3) is 0 Å². The van der Waals surface area contributed by atoms with Crippen molar-refractivity contribution in [3.8, 4) is 0 Å². The van der Waals surface area contributed by atoms with E-state index in [9.17, 15) is 44.7 Å². The number of methoxy groups -OCH3 is 2. The standard InChI is InChI=1S/C29H52N4O16/c1-45-13-18-16(10-34)5-17(12-47-14-19-20(11-35)48-21(15-46-2)26(30)28(19)43)27(29(18)44)31-49-25(42)9-33(8-24(40)41)4-3-32(6-22(36)37)7-23(38)39/h16-21,26-29,31,34-35,43-44H,3-15,30H2,1-2H3,(H,36,37)(H,38,39)(H,40,41). The predicted molar refractivity (Wildman–Crippen MR) is 165 cm³/mol. The van der Waals surface area contributed by atoms with E-state index in [2.05, 4.69) is 5.48 Å². The molecule has 0 aromatic rings. The summed E-state index contributed by atoms with van der Waals surface area (Å²) in [6.07, 6.45) is -3.45. The third-order valence-electron chi connectivity index (χ3n) is 8.83. The van der Waals surface area contributed by atoms with Gasteiger partial charge in [0, 0.05) is 51.7 Å². The van der Waals surface area contributed by atoms with E-state index in [0.29, 0.717) is 6.42 Å². The van der Waals surface area contributed by atoms with Crippen molar-refractivity contribution in [2.24, 2.45) is 29.4 Å². The first-order valence-corrected chi connectivity index (χ1v) is 15.9. The molecular weight excluding hydrogens is 660 g/mol. The van der Waals surface area contributed by atoms with Gasteiger partial charge in [-0.05, 0) is 12.3 Å². The quantitative estimate of drug-likeness (QED) is 0.0449. The van der Waals surface area contributed by atoms with E-state index in [4.69, 9.17) is 39.7 Å². The van der Waals surface area contributed by atoms with Crippen LogP contribution < -0.4 is 11.2 Å². The number of hydrogen-bond donors (Lipinski definition) is 9. The minimum atomic E-state index is -1.30. The molecular formula is C29H52N4O16. The maximum atomic E-state index is 12.9. The van der Waals surface area contributed by atoms with Gasteiger partial charge in [-0.3, -0.25) is 24.2 Å². The second kappa shape index (κ2) is 21.6. The zero-order valence-corrected chi connectivity index (χ0v) is 27.7. The average molecular weight is 713 g/mol. The zero-order chi connectivity index (χ0) is 36.7. The second-order valence-electron chi connectivity index (χ2n) is 12.4. The van der Waals surface area contributed by atoms with E-state index in [1.807, 2.05) is 0 Å². The molecule has 49 heavy (non-hydrogen) atoms. The van der Waals surface area contributed by atoms with Crippen LogP contribution in [-0.4, -0.2) is 199 Å². The number of carboxylic acids is 3. The average Bonchev–Trinajstić information content (AvgIpc) is 3.03. The maximum absolute atomic E-state index is 12.9. The van der Waals surface area contributed by atoms with Crippen LogP contribution in [0.25, 0.3) is 0 Å². The SMILES string of the molecule is COCC1OC(CO)C(COCC2CC(CO)C(COC)C(O)C2NOC(=O)CN(CCN(CC(=O)O)CC(=O)O)CC(=O)O)C(O)C1N. The normalized spacial score (nSPS) is 30.4. The van der Waals surface area contributed by atoms with Crippen LogP contribution in [0.15, 0.2) is 0 Å². The number of ether oxygens (including phenoxy) is 4. The van der Waals surface area contributed by atoms with E-state index in [1.54, 1.807) is 0 Å². The number of aliphatic hydroxyl groups is 4. The van der Waals surface area contributed by atoms with Crippen molar-refractivity contribution >= 4 is 23.9 Å². The molecule has 1 aliphatic heterocycles. The molecule has 0 bridgehead atoms. The van der Waals surface area contributed by atoms with Crippen LogP contribution in [-0.2, 0) is 43.0 Å². The van der Waals surface area contributed by atoms with Gasteiger partial charge in [0.1, 0.15) is 0 Å². The van der Waals surface area contributed by atoms with E-state index < -0.39 is 117 Å². The van der Waals surface area contributed by atoms with Crippen molar-refractivity contribution in [3.63, 3.8) is 0 Å². The van der Waals surface area contributed by atoms with Crippen molar-refractivity contribution < 1.29 is 78.7 Å². The molecule has 10 atom stereocenters. The Morgan fingerprint density at radius 3 is 1.84 bits per heavy atom. The molecule has 284 valence electrons. The second-order valence-corrected chi connectivity index (χ2v) is 12.4. The maximum Gasteiger partial charge on any atom is 0.338 e. The van der Waals surface area contributed by atoms with E-state index >= 15 is 0 Å². The minimum Gasteiger partial charge on any atom is -0.480 e. The largest absolute Gasteiger partial charge is 0.480 e. The monoisotopic (exact) mass is 712 g/mol. The first-order chi connectivity index (χ1) is 23.3. The van der Waals surface area contributed by atoms with E-state index in [1.165, 1.54) is 14.2 Å². The fraction of sp³-hybridized carbons (Fsp3) is 0.862. The van der Waals surface area contributed by atoms with E-state index in [0.717, 1.165) is 9.80 Å². The topological polar surface area (TPSA) is 301 Å². The van der Waals surface area contributed by atoms with Gasteiger partial charge in [0.05, 0.1) is 95.7 Å². The van der Waals surface area contributed by atoms with Crippen LogP contribution in [0.2, 0.25) is 0 Å². The highest BCUT2D eigenvalue weighted by Gasteiger charge is 2.46. The Bertz CT molecular complexity index is 1020. The van der Waals surface area contributed by atoms with Gasteiger partial charge in [-0.1, -0.05) is 0 Å². The molecule has 1 saturated carbocycles. The number of nitrogens with zero attached hydrogens (tertiary/aromatic N) is 2.